The van der Waals surface area contributed by atoms with Gasteiger partial charge in [-0.2, -0.15) is 0 Å². The van der Waals surface area contributed by atoms with E-state index in [0.29, 0.717) is 37.9 Å². The summed E-state index contributed by atoms with van der Waals surface area (Å²) in [5.41, 5.74) is 0.879. The van der Waals surface area contributed by atoms with Crippen LogP contribution in [0.1, 0.15) is 50.5 Å². The van der Waals surface area contributed by atoms with E-state index in [9.17, 15) is 9.59 Å². The van der Waals surface area contributed by atoms with Gasteiger partial charge >= 0.3 is 6.03 Å². The lowest BCUT2D eigenvalue weighted by molar-refractivity contribution is -0.139. The van der Waals surface area contributed by atoms with E-state index in [4.69, 9.17) is 9.47 Å². The van der Waals surface area contributed by atoms with Crippen molar-refractivity contribution in [1.82, 2.24) is 15.1 Å². The van der Waals surface area contributed by atoms with Gasteiger partial charge in [0.15, 0.2) is 0 Å². The van der Waals surface area contributed by atoms with Gasteiger partial charge in [0, 0.05) is 45.8 Å². The lowest BCUT2D eigenvalue weighted by Gasteiger charge is -2.46. The Morgan fingerprint density at radius 1 is 1.10 bits per heavy atom. The number of methoxy groups -OCH3 is 1. The number of ether oxygens (including phenoxy) is 2. The molecule has 3 amide bonds. The summed E-state index contributed by atoms with van der Waals surface area (Å²) < 4.78 is 11.4. The standard InChI is InChI=1S/C24H35N3O4/c1-30-21-6-4-19(5-7-21)18-25-23(29)27-13-9-24(10-14-27)17-20(8-15-31-24)16-22(28)26-11-2-3-12-26/h4-7,20H,2-3,8-18H2,1H3,(H,25,29). The highest BCUT2D eigenvalue weighted by atomic mass is 16.5. The van der Waals surface area contributed by atoms with E-state index in [1.807, 2.05) is 34.1 Å². The van der Waals surface area contributed by atoms with Crippen molar-refractivity contribution in [2.45, 2.75) is 57.1 Å². The van der Waals surface area contributed by atoms with Crippen LogP contribution in [0.15, 0.2) is 24.3 Å². The third-order valence-electron chi connectivity index (χ3n) is 7.08. The molecule has 7 heteroatoms. The van der Waals surface area contributed by atoms with Crippen LogP contribution in [-0.4, -0.2) is 67.2 Å². The number of carbonyl (C=O) groups excluding carboxylic acids is 2. The minimum atomic E-state index is -0.166. The Kier molecular flexibility index (Phi) is 7.00. The summed E-state index contributed by atoms with van der Waals surface area (Å²) in [6, 6.07) is 7.70. The lowest BCUT2D eigenvalue weighted by Crippen LogP contribution is -2.53. The number of carbonyl (C=O) groups is 2. The van der Waals surface area contributed by atoms with Crippen LogP contribution >= 0.6 is 0 Å². The van der Waals surface area contributed by atoms with Crippen molar-refractivity contribution in [2.24, 2.45) is 5.92 Å². The van der Waals surface area contributed by atoms with E-state index in [-0.39, 0.29) is 11.6 Å². The van der Waals surface area contributed by atoms with Crippen molar-refractivity contribution >= 4 is 11.9 Å². The molecule has 3 saturated heterocycles. The summed E-state index contributed by atoms with van der Waals surface area (Å²) in [6.45, 7) is 4.47. The zero-order valence-corrected chi connectivity index (χ0v) is 18.6. The van der Waals surface area contributed by atoms with Crippen molar-refractivity contribution in [3.05, 3.63) is 29.8 Å². The van der Waals surface area contributed by atoms with Gasteiger partial charge in [-0.25, -0.2) is 4.79 Å². The molecule has 1 aromatic carbocycles. The number of rotatable bonds is 5. The largest absolute Gasteiger partial charge is 0.497 e. The van der Waals surface area contributed by atoms with Crippen molar-refractivity contribution < 1.29 is 19.1 Å². The van der Waals surface area contributed by atoms with Crippen molar-refractivity contribution in [2.75, 3.05) is 39.9 Å². The second-order valence-electron chi connectivity index (χ2n) is 9.18. The molecule has 0 saturated carbocycles. The number of piperidine rings is 1. The van der Waals surface area contributed by atoms with Gasteiger partial charge in [-0.3, -0.25) is 4.79 Å². The average molecular weight is 430 g/mol. The Morgan fingerprint density at radius 3 is 2.48 bits per heavy atom. The molecule has 1 spiro atoms. The number of nitrogens with one attached hydrogen (secondary N) is 1. The SMILES string of the molecule is COc1ccc(CNC(=O)N2CCC3(CC2)CC(CC(=O)N2CCCC2)CCO3)cc1. The number of urea groups is 1. The molecule has 1 unspecified atom stereocenters. The Bertz CT molecular complexity index is 753. The monoisotopic (exact) mass is 429 g/mol. The molecule has 170 valence electrons. The number of amides is 3. The first-order valence-corrected chi connectivity index (χ1v) is 11.6. The third-order valence-corrected chi connectivity index (χ3v) is 7.08. The molecule has 1 atom stereocenters. The van der Waals surface area contributed by atoms with Gasteiger partial charge < -0.3 is 24.6 Å². The van der Waals surface area contributed by atoms with Gasteiger partial charge in [0.1, 0.15) is 5.75 Å². The molecule has 0 aliphatic carbocycles. The van der Waals surface area contributed by atoms with Crippen molar-refractivity contribution in [3.63, 3.8) is 0 Å². The van der Waals surface area contributed by atoms with Gasteiger partial charge in [-0.15, -0.1) is 0 Å². The van der Waals surface area contributed by atoms with Crippen molar-refractivity contribution in [3.8, 4) is 5.75 Å². The molecular formula is C24H35N3O4. The van der Waals surface area contributed by atoms with Gasteiger partial charge in [-0.05, 0) is 62.1 Å². The molecule has 3 heterocycles. The predicted molar refractivity (Wildman–Crippen MR) is 118 cm³/mol. The zero-order chi connectivity index (χ0) is 21.7. The van der Waals surface area contributed by atoms with Gasteiger partial charge in [0.2, 0.25) is 5.91 Å². The average Bonchev–Trinajstić information content (AvgIpc) is 3.34. The summed E-state index contributed by atoms with van der Waals surface area (Å²) in [7, 11) is 1.64. The summed E-state index contributed by atoms with van der Waals surface area (Å²) in [5.74, 6) is 1.52. The van der Waals surface area contributed by atoms with E-state index in [0.717, 1.165) is 69.5 Å². The summed E-state index contributed by atoms with van der Waals surface area (Å²) in [5, 5.41) is 3.02. The summed E-state index contributed by atoms with van der Waals surface area (Å²) in [6.07, 6.45) is 6.52. The second-order valence-corrected chi connectivity index (χ2v) is 9.18. The fourth-order valence-electron chi connectivity index (χ4n) is 5.14. The van der Waals surface area contributed by atoms with Crippen LogP contribution < -0.4 is 10.1 Å². The maximum Gasteiger partial charge on any atom is 0.317 e. The van der Waals surface area contributed by atoms with Crippen LogP contribution in [-0.2, 0) is 16.1 Å². The maximum absolute atomic E-state index is 12.6. The number of nitrogens with zero attached hydrogens (tertiary/aromatic N) is 2. The predicted octanol–water partition coefficient (Wildman–Crippen LogP) is 3.18. The highest BCUT2D eigenvalue weighted by Gasteiger charge is 2.41. The van der Waals surface area contributed by atoms with E-state index in [1.165, 1.54) is 0 Å². The Hall–Kier alpha value is -2.28. The van der Waals surface area contributed by atoms with Crippen LogP contribution in [0.2, 0.25) is 0 Å². The summed E-state index contributed by atoms with van der Waals surface area (Å²) >= 11 is 0. The smallest absolute Gasteiger partial charge is 0.317 e. The number of likely N-dealkylation sites (tertiary alicyclic amines) is 2. The number of hydrogen-bond donors (Lipinski definition) is 1. The minimum absolute atomic E-state index is 0.0257. The normalized spacial score (nSPS) is 23.1. The molecular weight excluding hydrogens is 394 g/mol. The highest BCUT2D eigenvalue weighted by Crippen LogP contribution is 2.39. The fourth-order valence-corrected chi connectivity index (χ4v) is 5.14. The van der Waals surface area contributed by atoms with Crippen LogP contribution in [0.25, 0.3) is 0 Å². The fraction of sp³-hybridized carbons (Fsp3) is 0.667. The molecule has 7 nitrogen and oxygen atoms in total. The lowest BCUT2D eigenvalue weighted by atomic mass is 9.78. The molecule has 0 bridgehead atoms. The van der Waals surface area contributed by atoms with E-state index < -0.39 is 0 Å². The topological polar surface area (TPSA) is 71.1 Å². The van der Waals surface area contributed by atoms with E-state index in [2.05, 4.69) is 5.32 Å². The molecule has 0 aromatic heterocycles. The van der Waals surface area contributed by atoms with Crippen molar-refractivity contribution in [1.29, 1.82) is 0 Å². The van der Waals surface area contributed by atoms with Gasteiger partial charge in [0.25, 0.3) is 0 Å². The molecule has 3 fully saturated rings. The second kappa shape index (κ2) is 9.90. The van der Waals surface area contributed by atoms with E-state index in [1.54, 1.807) is 7.11 Å². The molecule has 1 N–H and O–H groups in total. The minimum Gasteiger partial charge on any atom is -0.497 e. The maximum atomic E-state index is 12.6. The molecule has 3 aliphatic rings. The van der Waals surface area contributed by atoms with Gasteiger partial charge in [-0.1, -0.05) is 12.1 Å². The molecule has 1 aromatic rings. The first kappa shape index (κ1) is 21.9. The Balaban J connectivity index is 1.23. The number of benzene rings is 1. The van der Waals surface area contributed by atoms with Crippen LogP contribution in [0.5, 0.6) is 5.75 Å². The molecule has 0 radical (unpaired) electrons. The summed E-state index contributed by atoms with van der Waals surface area (Å²) in [4.78, 5) is 29.1. The van der Waals surface area contributed by atoms with Crippen LogP contribution in [0.4, 0.5) is 4.79 Å². The van der Waals surface area contributed by atoms with Gasteiger partial charge in [0.05, 0.1) is 12.7 Å². The Labute approximate surface area is 185 Å². The Morgan fingerprint density at radius 2 is 1.81 bits per heavy atom. The number of hydrogen-bond acceptors (Lipinski definition) is 4. The third kappa shape index (κ3) is 5.50. The molecule has 31 heavy (non-hydrogen) atoms. The first-order valence-electron chi connectivity index (χ1n) is 11.6. The quantitative estimate of drug-likeness (QED) is 0.780. The molecule has 3 aliphatic heterocycles. The van der Waals surface area contributed by atoms with Crippen LogP contribution in [0, 0.1) is 5.92 Å². The molecule has 4 rings (SSSR count). The van der Waals surface area contributed by atoms with Crippen LogP contribution in [0.3, 0.4) is 0 Å². The zero-order valence-electron chi connectivity index (χ0n) is 18.6. The van der Waals surface area contributed by atoms with E-state index >= 15 is 0 Å². The first-order chi connectivity index (χ1) is 15.1. The highest BCUT2D eigenvalue weighted by molar-refractivity contribution is 5.76.